The number of aldehydes is 1. The molecule has 14 heteroatoms. The number of likely N-dealkylation sites (N-methyl/N-ethyl adjacent to an activating group) is 1. The first-order chi connectivity index (χ1) is 22.8. The van der Waals surface area contributed by atoms with Crippen LogP contribution in [0.3, 0.4) is 0 Å². The molecule has 47 heavy (non-hydrogen) atoms. The molecule has 0 spiro atoms. The zero-order valence-corrected chi connectivity index (χ0v) is 26.5. The zero-order valence-electron chi connectivity index (χ0n) is 26.5. The molecule has 0 aromatic heterocycles. The standard InChI is InChI=1S/C33H41N5O9/c1-37(14-3-6-28(40)35-24-9-7-23(22-39)8-10-24)15-17-46-19-21-47-20-18-45-16-13-34-26-5-2-4-25-30(26)33(44)38(32(25)43)27-11-12-29(41)36-31(27)42/h2,4-5,7-10,22,27,34H,3,6,11-21H2,1H3,(H,35,40)(H,36,41,42). The highest BCUT2D eigenvalue weighted by atomic mass is 16.5. The van der Waals surface area contributed by atoms with E-state index in [2.05, 4.69) is 20.9 Å². The van der Waals surface area contributed by atoms with E-state index in [4.69, 9.17) is 14.2 Å². The van der Waals surface area contributed by atoms with Gasteiger partial charge in [0.25, 0.3) is 11.8 Å². The molecule has 5 amide bonds. The van der Waals surface area contributed by atoms with E-state index in [-0.39, 0.29) is 29.9 Å². The number of rotatable bonds is 20. The van der Waals surface area contributed by atoms with Crippen LogP contribution in [0.5, 0.6) is 0 Å². The van der Waals surface area contributed by atoms with Crippen LogP contribution < -0.4 is 16.0 Å². The van der Waals surface area contributed by atoms with Crippen LogP contribution in [0.25, 0.3) is 0 Å². The largest absolute Gasteiger partial charge is 0.382 e. The van der Waals surface area contributed by atoms with Crippen LogP contribution in [0.4, 0.5) is 11.4 Å². The number of carbonyl (C=O) groups excluding carboxylic acids is 6. The van der Waals surface area contributed by atoms with Gasteiger partial charge >= 0.3 is 0 Å². The Labute approximate surface area is 273 Å². The second-order valence-corrected chi connectivity index (χ2v) is 11.1. The van der Waals surface area contributed by atoms with Crippen LogP contribution in [-0.2, 0) is 28.6 Å². The normalized spacial score (nSPS) is 16.0. The average molecular weight is 652 g/mol. The first-order valence-corrected chi connectivity index (χ1v) is 15.6. The Morgan fingerprint density at radius 1 is 0.936 bits per heavy atom. The molecule has 2 heterocycles. The number of nitrogens with zero attached hydrogens (tertiary/aromatic N) is 2. The molecule has 0 bridgehead atoms. The van der Waals surface area contributed by atoms with Crippen molar-refractivity contribution in [3.8, 4) is 0 Å². The predicted molar refractivity (Wildman–Crippen MR) is 171 cm³/mol. The lowest BCUT2D eigenvalue weighted by Gasteiger charge is -2.27. The lowest BCUT2D eigenvalue weighted by atomic mass is 10.0. The van der Waals surface area contributed by atoms with Crippen LogP contribution in [0, 0.1) is 0 Å². The second kappa shape index (κ2) is 18.0. The highest BCUT2D eigenvalue weighted by Gasteiger charge is 2.45. The predicted octanol–water partition coefficient (Wildman–Crippen LogP) is 1.71. The van der Waals surface area contributed by atoms with Crippen molar-refractivity contribution in [3.63, 3.8) is 0 Å². The topological polar surface area (TPSA) is 173 Å². The molecular weight excluding hydrogens is 610 g/mol. The summed E-state index contributed by atoms with van der Waals surface area (Å²) in [6.07, 6.45) is 2.03. The number of amides is 5. The molecule has 14 nitrogen and oxygen atoms in total. The highest BCUT2D eigenvalue weighted by Crippen LogP contribution is 2.32. The molecule has 1 saturated heterocycles. The van der Waals surface area contributed by atoms with Gasteiger partial charge in [-0.3, -0.25) is 39.0 Å². The van der Waals surface area contributed by atoms with Gasteiger partial charge in [0, 0.05) is 42.9 Å². The molecular formula is C33H41N5O9. The summed E-state index contributed by atoms with van der Waals surface area (Å²) < 4.78 is 16.8. The van der Waals surface area contributed by atoms with E-state index in [1.807, 2.05) is 7.05 Å². The fraction of sp³-hybridized carbons (Fsp3) is 0.455. The van der Waals surface area contributed by atoms with E-state index in [0.29, 0.717) is 76.0 Å². The Balaban J connectivity index is 0.998. The third kappa shape index (κ3) is 10.2. The van der Waals surface area contributed by atoms with Crippen LogP contribution >= 0.6 is 0 Å². The van der Waals surface area contributed by atoms with Gasteiger partial charge in [-0.1, -0.05) is 6.07 Å². The van der Waals surface area contributed by atoms with Crippen molar-refractivity contribution >= 4 is 47.2 Å². The fourth-order valence-corrected chi connectivity index (χ4v) is 5.17. The van der Waals surface area contributed by atoms with Gasteiger partial charge in [0.15, 0.2) is 0 Å². The maximum atomic E-state index is 13.1. The van der Waals surface area contributed by atoms with Gasteiger partial charge in [-0.25, -0.2) is 0 Å². The van der Waals surface area contributed by atoms with E-state index in [1.165, 1.54) is 0 Å². The summed E-state index contributed by atoms with van der Waals surface area (Å²) in [6.45, 7) is 4.38. The Morgan fingerprint density at radius 2 is 1.64 bits per heavy atom. The number of anilines is 2. The van der Waals surface area contributed by atoms with E-state index in [1.54, 1.807) is 42.5 Å². The molecule has 1 atom stereocenters. The number of carbonyl (C=O) groups is 6. The number of hydrogen-bond acceptors (Lipinski definition) is 11. The number of piperidine rings is 1. The maximum absolute atomic E-state index is 13.1. The van der Waals surface area contributed by atoms with Gasteiger partial charge < -0.3 is 29.7 Å². The molecule has 1 unspecified atom stereocenters. The first kappa shape index (κ1) is 35.4. The lowest BCUT2D eigenvalue weighted by molar-refractivity contribution is -0.136. The molecule has 4 rings (SSSR count). The highest BCUT2D eigenvalue weighted by molar-refractivity contribution is 6.25. The van der Waals surface area contributed by atoms with Crippen molar-refractivity contribution in [2.45, 2.75) is 31.7 Å². The van der Waals surface area contributed by atoms with E-state index < -0.39 is 29.7 Å². The zero-order chi connectivity index (χ0) is 33.6. The second-order valence-electron chi connectivity index (χ2n) is 11.1. The van der Waals surface area contributed by atoms with E-state index in [0.717, 1.165) is 24.3 Å². The number of hydrogen-bond donors (Lipinski definition) is 3. The van der Waals surface area contributed by atoms with Crippen molar-refractivity contribution in [1.29, 1.82) is 0 Å². The number of nitrogens with one attached hydrogen (secondary N) is 3. The van der Waals surface area contributed by atoms with Crippen molar-refractivity contribution in [2.75, 3.05) is 77.0 Å². The third-order valence-electron chi connectivity index (χ3n) is 7.67. The summed E-state index contributed by atoms with van der Waals surface area (Å²) in [5.74, 6) is -2.25. The SMILES string of the molecule is CN(CCCC(=O)Nc1ccc(C=O)cc1)CCOCCOCCOCCNc1cccc2c1C(=O)N(C1CCC(=O)NC1=O)C2=O. The minimum Gasteiger partial charge on any atom is -0.382 e. The molecule has 2 aromatic rings. The summed E-state index contributed by atoms with van der Waals surface area (Å²) in [5, 5.41) is 8.15. The van der Waals surface area contributed by atoms with Gasteiger partial charge in [-0.2, -0.15) is 0 Å². The monoisotopic (exact) mass is 651 g/mol. The number of imide groups is 2. The van der Waals surface area contributed by atoms with Crippen molar-refractivity contribution < 1.29 is 43.0 Å². The molecule has 252 valence electrons. The van der Waals surface area contributed by atoms with Crippen LogP contribution in [-0.4, -0.2) is 118 Å². The van der Waals surface area contributed by atoms with Gasteiger partial charge in [-0.15, -0.1) is 0 Å². The molecule has 1 fully saturated rings. The molecule has 2 aromatic carbocycles. The average Bonchev–Trinajstić information content (AvgIpc) is 3.31. The Bertz CT molecular complexity index is 1430. The van der Waals surface area contributed by atoms with Gasteiger partial charge in [-0.05, 0) is 62.8 Å². The van der Waals surface area contributed by atoms with Crippen molar-refractivity contribution in [2.24, 2.45) is 0 Å². The van der Waals surface area contributed by atoms with Gasteiger partial charge in [0.05, 0.1) is 50.8 Å². The van der Waals surface area contributed by atoms with Crippen LogP contribution in [0.2, 0.25) is 0 Å². The number of ether oxygens (including phenoxy) is 3. The maximum Gasteiger partial charge on any atom is 0.264 e. The minimum absolute atomic E-state index is 0.0639. The fourth-order valence-electron chi connectivity index (χ4n) is 5.17. The summed E-state index contributed by atoms with van der Waals surface area (Å²) >= 11 is 0. The van der Waals surface area contributed by atoms with Gasteiger partial charge in [0.1, 0.15) is 12.3 Å². The molecule has 2 aliphatic rings. The number of benzene rings is 2. The molecule has 2 aliphatic heterocycles. The Kier molecular flexibility index (Phi) is 13.5. The minimum atomic E-state index is -1.01. The van der Waals surface area contributed by atoms with Gasteiger partial charge in [0.2, 0.25) is 17.7 Å². The van der Waals surface area contributed by atoms with Crippen molar-refractivity contribution in [1.82, 2.24) is 15.1 Å². The molecule has 0 saturated carbocycles. The van der Waals surface area contributed by atoms with E-state index in [9.17, 15) is 28.8 Å². The van der Waals surface area contributed by atoms with Crippen LogP contribution in [0.15, 0.2) is 42.5 Å². The lowest BCUT2D eigenvalue weighted by Crippen LogP contribution is -2.54. The van der Waals surface area contributed by atoms with E-state index >= 15 is 0 Å². The summed E-state index contributed by atoms with van der Waals surface area (Å²) in [6, 6.07) is 10.6. The third-order valence-corrected chi connectivity index (χ3v) is 7.67. The smallest absolute Gasteiger partial charge is 0.264 e. The van der Waals surface area contributed by atoms with Crippen LogP contribution in [0.1, 0.15) is 56.8 Å². The Hall–Kier alpha value is -4.50. The molecule has 0 aliphatic carbocycles. The molecule has 3 N–H and O–H groups in total. The molecule has 0 radical (unpaired) electrons. The summed E-state index contributed by atoms with van der Waals surface area (Å²) in [5.41, 5.74) is 2.13. The van der Waals surface area contributed by atoms with Crippen molar-refractivity contribution in [3.05, 3.63) is 59.2 Å². The Morgan fingerprint density at radius 3 is 2.34 bits per heavy atom. The summed E-state index contributed by atoms with van der Waals surface area (Å²) in [7, 11) is 1.97. The summed E-state index contributed by atoms with van der Waals surface area (Å²) in [4.78, 5) is 75.7. The number of fused-ring (bicyclic) bond motifs is 1. The first-order valence-electron chi connectivity index (χ1n) is 15.6. The quantitative estimate of drug-likeness (QED) is 0.108.